The molecule has 6 nitrogen and oxygen atoms in total. The highest BCUT2D eigenvalue weighted by molar-refractivity contribution is 5.87. The van der Waals surface area contributed by atoms with Gasteiger partial charge >= 0.3 is 12.1 Å². The van der Waals surface area contributed by atoms with Crippen molar-refractivity contribution in [3.8, 4) is 0 Å². The number of carbonyl (C=O) groups is 2. The second kappa shape index (κ2) is 6.95. The highest BCUT2D eigenvalue weighted by atomic mass is 16.6. The van der Waals surface area contributed by atoms with E-state index >= 15 is 0 Å². The zero-order valence-electron chi connectivity index (χ0n) is 14.7. The van der Waals surface area contributed by atoms with E-state index in [9.17, 15) is 9.59 Å². The Bertz CT molecular complexity index is 743. The number of para-hydroxylation sites is 1. The average molecular weight is 332 g/mol. The first-order chi connectivity index (χ1) is 11.2. The molecule has 0 saturated carbocycles. The van der Waals surface area contributed by atoms with Gasteiger partial charge in [0.25, 0.3) is 0 Å². The largest absolute Gasteiger partial charge is 0.467 e. The smallest absolute Gasteiger partial charge is 0.408 e. The minimum absolute atomic E-state index is 0.315. The number of aryl methyl sites for hydroxylation is 1. The summed E-state index contributed by atoms with van der Waals surface area (Å²) in [5.74, 6) is -0.511. The molecule has 1 heterocycles. The molecule has 0 bridgehead atoms. The van der Waals surface area contributed by atoms with Gasteiger partial charge < -0.3 is 19.8 Å². The van der Waals surface area contributed by atoms with Crippen LogP contribution in [0.2, 0.25) is 0 Å². The number of esters is 1. The number of hydrogen-bond donors (Lipinski definition) is 2. The molecule has 1 amide bonds. The van der Waals surface area contributed by atoms with Crippen molar-refractivity contribution >= 4 is 23.0 Å². The van der Waals surface area contributed by atoms with Gasteiger partial charge in [-0.05, 0) is 38.8 Å². The molecular weight excluding hydrogens is 308 g/mol. The molecule has 1 atom stereocenters. The van der Waals surface area contributed by atoms with E-state index in [-0.39, 0.29) is 0 Å². The SMILES string of the molecule is COC(=O)[C@H](Cc1c[nH]c2c(C)cccc12)NC(=O)OC(C)(C)C. The molecule has 2 aromatic rings. The van der Waals surface area contributed by atoms with Gasteiger partial charge in [-0.1, -0.05) is 18.2 Å². The molecule has 0 fully saturated rings. The van der Waals surface area contributed by atoms with Crippen molar-refractivity contribution in [1.82, 2.24) is 10.3 Å². The predicted octanol–water partition coefficient (Wildman–Crippen LogP) is 3.09. The number of methoxy groups -OCH3 is 1. The normalized spacial score (nSPS) is 12.7. The van der Waals surface area contributed by atoms with Crippen LogP contribution in [0.15, 0.2) is 24.4 Å². The van der Waals surface area contributed by atoms with Crippen LogP contribution in [0.5, 0.6) is 0 Å². The maximum Gasteiger partial charge on any atom is 0.408 e. The van der Waals surface area contributed by atoms with E-state index in [0.29, 0.717) is 6.42 Å². The summed E-state index contributed by atoms with van der Waals surface area (Å²) in [4.78, 5) is 27.2. The van der Waals surface area contributed by atoms with Crippen LogP contribution in [0.1, 0.15) is 31.9 Å². The summed E-state index contributed by atoms with van der Waals surface area (Å²) in [6.45, 7) is 7.31. The van der Waals surface area contributed by atoms with E-state index in [4.69, 9.17) is 9.47 Å². The number of ether oxygens (including phenoxy) is 2. The van der Waals surface area contributed by atoms with Crippen LogP contribution < -0.4 is 5.32 Å². The van der Waals surface area contributed by atoms with Crippen molar-refractivity contribution in [3.05, 3.63) is 35.5 Å². The number of H-pyrrole nitrogens is 1. The van der Waals surface area contributed by atoms with Gasteiger partial charge in [0.1, 0.15) is 11.6 Å². The molecule has 6 heteroatoms. The van der Waals surface area contributed by atoms with Crippen LogP contribution >= 0.6 is 0 Å². The monoisotopic (exact) mass is 332 g/mol. The second-order valence-corrected chi connectivity index (χ2v) is 6.74. The summed E-state index contributed by atoms with van der Waals surface area (Å²) in [7, 11) is 1.30. The predicted molar refractivity (Wildman–Crippen MR) is 91.9 cm³/mol. The lowest BCUT2D eigenvalue weighted by atomic mass is 10.0. The van der Waals surface area contributed by atoms with Crippen molar-refractivity contribution in [2.75, 3.05) is 7.11 Å². The van der Waals surface area contributed by atoms with Crippen LogP contribution in [0.4, 0.5) is 4.79 Å². The Morgan fingerprint density at radius 2 is 2.00 bits per heavy atom. The van der Waals surface area contributed by atoms with Crippen molar-refractivity contribution in [1.29, 1.82) is 0 Å². The third-order valence-electron chi connectivity index (χ3n) is 3.61. The van der Waals surface area contributed by atoms with Crippen molar-refractivity contribution in [2.45, 2.75) is 45.8 Å². The van der Waals surface area contributed by atoms with Crippen molar-refractivity contribution < 1.29 is 19.1 Å². The zero-order valence-corrected chi connectivity index (χ0v) is 14.7. The highest BCUT2D eigenvalue weighted by Gasteiger charge is 2.26. The number of aromatic amines is 1. The zero-order chi connectivity index (χ0) is 17.9. The van der Waals surface area contributed by atoms with E-state index in [0.717, 1.165) is 22.0 Å². The molecule has 0 radical (unpaired) electrons. The maximum absolute atomic E-state index is 12.0. The standard InChI is InChI=1S/C18H24N2O4/c1-11-7-6-8-13-12(10-19-15(11)13)9-14(16(21)23-5)20-17(22)24-18(2,3)4/h6-8,10,14,19H,9H2,1-5H3,(H,20,22)/t14-/m0/s1. The van der Waals surface area contributed by atoms with E-state index in [2.05, 4.69) is 10.3 Å². The van der Waals surface area contributed by atoms with Gasteiger partial charge in [-0.2, -0.15) is 0 Å². The number of carbonyl (C=O) groups excluding carboxylic acids is 2. The third-order valence-corrected chi connectivity index (χ3v) is 3.61. The van der Waals surface area contributed by atoms with Crippen LogP contribution in [-0.2, 0) is 20.7 Å². The number of amides is 1. The number of benzene rings is 1. The summed E-state index contributed by atoms with van der Waals surface area (Å²) in [5.41, 5.74) is 2.44. The summed E-state index contributed by atoms with van der Waals surface area (Å²) < 4.78 is 10.0. The molecule has 1 aromatic carbocycles. The van der Waals surface area contributed by atoms with Crippen LogP contribution in [-0.4, -0.2) is 35.8 Å². The number of nitrogens with one attached hydrogen (secondary N) is 2. The Labute approximate surface area is 141 Å². The number of rotatable bonds is 4. The van der Waals surface area contributed by atoms with Crippen LogP contribution in [0.3, 0.4) is 0 Å². The highest BCUT2D eigenvalue weighted by Crippen LogP contribution is 2.22. The van der Waals surface area contributed by atoms with Crippen LogP contribution in [0, 0.1) is 6.92 Å². The third kappa shape index (κ3) is 4.28. The number of alkyl carbamates (subject to hydrolysis) is 1. The van der Waals surface area contributed by atoms with Gasteiger partial charge in [0, 0.05) is 23.5 Å². The summed E-state index contributed by atoms with van der Waals surface area (Å²) in [6, 6.07) is 5.14. The van der Waals surface area contributed by atoms with Crippen LogP contribution in [0.25, 0.3) is 10.9 Å². The first-order valence-corrected chi connectivity index (χ1v) is 7.84. The lowest BCUT2D eigenvalue weighted by Gasteiger charge is -2.22. The van der Waals surface area contributed by atoms with Gasteiger partial charge in [-0.15, -0.1) is 0 Å². The quantitative estimate of drug-likeness (QED) is 0.843. The fraction of sp³-hybridized carbons (Fsp3) is 0.444. The molecule has 0 spiro atoms. The molecule has 2 rings (SSSR count). The maximum atomic E-state index is 12.0. The molecular formula is C18H24N2O4. The molecule has 0 aliphatic heterocycles. The average Bonchev–Trinajstić information content (AvgIpc) is 2.88. The van der Waals surface area contributed by atoms with E-state index in [1.165, 1.54) is 7.11 Å². The first-order valence-electron chi connectivity index (χ1n) is 7.84. The molecule has 130 valence electrons. The molecule has 0 aliphatic carbocycles. The number of aromatic nitrogens is 1. The Kier molecular flexibility index (Phi) is 5.17. The molecule has 0 aliphatic rings. The lowest BCUT2D eigenvalue weighted by Crippen LogP contribution is -2.45. The van der Waals surface area contributed by atoms with E-state index in [1.807, 2.05) is 31.3 Å². The fourth-order valence-corrected chi connectivity index (χ4v) is 2.54. The van der Waals surface area contributed by atoms with Crippen molar-refractivity contribution in [3.63, 3.8) is 0 Å². The van der Waals surface area contributed by atoms with Crippen molar-refractivity contribution in [2.24, 2.45) is 0 Å². The minimum Gasteiger partial charge on any atom is -0.467 e. The van der Waals surface area contributed by atoms with E-state index in [1.54, 1.807) is 20.8 Å². The van der Waals surface area contributed by atoms with Gasteiger partial charge in [-0.25, -0.2) is 9.59 Å². The second-order valence-electron chi connectivity index (χ2n) is 6.74. The molecule has 0 unspecified atom stereocenters. The fourth-order valence-electron chi connectivity index (χ4n) is 2.54. The Hall–Kier alpha value is -2.50. The minimum atomic E-state index is -0.815. The number of hydrogen-bond acceptors (Lipinski definition) is 4. The molecule has 2 N–H and O–H groups in total. The topological polar surface area (TPSA) is 80.4 Å². The summed E-state index contributed by atoms with van der Waals surface area (Å²) in [5, 5.41) is 3.62. The summed E-state index contributed by atoms with van der Waals surface area (Å²) >= 11 is 0. The Morgan fingerprint density at radius 3 is 2.62 bits per heavy atom. The molecule has 1 aromatic heterocycles. The van der Waals surface area contributed by atoms with E-state index < -0.39 is 23.7 Å². The van der Waals surface area contributed by atoms with Gasteiger partial charge in [0.2, 0.25) is 0 Å². The molecule has 24 heavy (non-hydrogen) atoms. The lowest BCUT2D eigenvalue weighted by molar-refractivity contribution is -0.143. The molecule has 0 saturated heterocycles. The van der Waals surface area contributed by atoms with Gasteiger partial charge in [0.15, 0.2) is 0 Å². The Balaban J connectivity index is 2.21. The first kappa shape index (κ1) is 17.8. The van der Waals surface area contributed by atoms with Gasteiger partial charge in [-0.3, -0.25) is 0 Å². The number of fused-ring (bicyclic) bond motifs is 1. The Morgan fingerprint density at radius 1 is 1.29 bits per heavy atom. The van der Waals surface area contributed by atoms with Gasteiger partial charge in [0.05, 0.1) is 7.11 Å². The summed E-state index contributed by atoms with van der Waals surface area (Å²) in [6.07, 6.45) is 1.52.